The molecule has 1 aliphatic carbocycles. The molecule has 0 aliphatic heterocycles. The first-order valence-corrected chi connectivity index (χ1v) is 8.40. The van der Waals surface area contributed by atoms with Gasteiger partial charge < -0.3 is 20.1 Å². The van der Waals surface area contributed by atoms with Gasteiger partial charge in [0, 0.05) is 11.5 Å². The average molecular weight is 344 g/mol. The van der Waals surface area contributed by atoms with E-state index in [2.05, 4.69) is 9.97 Å². The highest BCUT2D eigenvalue weighted by molar-refractivity contribution is 6.06. The monoisotopic (exact) mass is 344 g/mol. The molecule has 6 nitrogen and oxygen atoms in total. The predicted octanol–water partition coefficient (Wildman–Crippen LogP) is 2.76. The fourth-order valence-corrected chi connectivity index (χ4v) is 3.03. The molecule has 1 saturated carbocycles. The van der Waals surface area contributed by atoms with Crippen molar-refractivity contribution >= 4 is 27.8 Å². The second-order valence-electron chi connectivity index (χ2n) is 7.29. The number of rotatable bonds is 5. The lowest BCUT2D eigenvalue weighted by atomic mass is 10.1. The van der Waals surface area contributed by atoms with Crippen LogP contribution in [-0.4, -0.2) is 31.3 Å². The number of fused-ring (bicyclic) bond motifs is 3. The van der Waals surface area contributed by atoms with Gasteiger partial charge in [-0.3, -0.25) is 0 Å². The van der Waals surface area contributed by atoms with Crippen LogP contribution in [0.3, 0.4) is 0 Å². The van der Waals surface area contributed by atoms with Crippen LogP contribution in [0.5, 0.6) is 0 Å². The highest BCUT2D eigenvalue weighted by atomic mass is 19.1. The first kappa shape index (κ1) is 16.2. The third-order valence-corrected chi connectivity index (χ3v) is 4.26. The van der Waals surface area contributed by atoms with Gasteiger partial charge in [0.25, 0.3) is 0 Å². The van der Waals surface area contributed by atoms with Gasteiger partial charge in [0.2, 0.25) is 0 Å². The summed E-state index contributed by atoms with van der Waals surface area (Å²) >= 11 is 0. The van der Waals surface area contributed by atoms with Crippen LogP contribution in [0.1, 0.15) is 32.5 Å². The number of benzene rings is 1. The molecule has 0 unspecified atom stereocenters. The lowest BCUT2D eigenvalue weighted by molar-refractivity contribution is 0.0562. The Bertz CT molecular complexity index is 957. The van der Waals surface area contributed by atoms with Crippen LogP contribution in [0.15, 0.2) is 18.2 Å². The summed E-state index contributed by atoms with van der Waals surface area (Å²) in [5, 5.41) is 11.1. The number of hydrogen-bond acceptors (Lipinski definition) is 5. The molecule has 1 aromatic carbocycles. The van der Waals surface area contributed by atoms with Crippen molar-refractivity contribution in [3.05, 3.63) is 29.8 Å². The number of anilines is 1. The number of nitrogens with two attached hydrogens (primary N) is 1. The van der Waals surface area contributed by atoms with Crippen molar-refractivity contribution in [2.24, 2.45) is 0 Å². The number of pyridine rings is 1. The molecule has 0 amide bonds. The largest absolute Gasteiger partial charge is 0.389 e. The van der Waals surface area contributed by atoms with Crippen LogP contribution in [0, 0.1) is 5.82 Å². The molecule has 25 heavy (non-hydrogen) atoms. The highest BCUT2D eigenvalue weighted by Crippen LogP contribution is 2.31. The molecule has 2 heterocycles. The maximum Gasteiger partial charge on any atom is 0.152 e. The van der Waals surface area contributed by atoms with E-state index in [0.717, 1.165) is 23.7 Å². The summed E-state index contributed by atoms with van der Waals surface area (Å²) in [6.45, 7) is 4.13. The molecule has 132 valence electrons. The second kappa shape index (κ2) is 5.64. The number of imidazole rings is 1. The van der Waals surface area contributed by atoms with Gasteiger partial charge in [0.05, 0.1) is 29.3 Å². The van der Waals surface area contributed by atoms with Gasteiger partial charge in [-0.2, -0.15) is 0 Å². The summed E-state index contributed by atoms with van der Waals surface area (Å²) in [6.07, 6.45) is 2.42. The van der Waals surface area contributed by atoms with Crippen LogP contribution < -0.4 is 5.73 Å². The average Bonchev–Trinajstić information content (AvgIpc) is 3.27. The number of nitrogens with zero attached hydrogens (tertiary/aromatic N) is 3. The molecule has 0 saturated heterocycles. The van der Waals surface area contributed by atoms with Crippen molar-refractivity contribution in [3.63, 3.8) is 0 Å². The molecule has 0 atom stereocenters. The van der Waals surface area contributed by atoms with Crippen molar-refractivity contribution < 1.29 is 14.2 Å². The van der Waals surface area contributed by atoms with E-state index in [1.807, 2.05) is 4.57 Å². The van der Waals surface area contributed by atoms with Crippen LogP contribution in [-0.2, 0) is 17.9 Å². The van der Waals surface area contributed by atoms with Crippen molar-refractivity contribution in [3.8, 4) is 0 Å². The van der Waals surface area contributed by atoms with Gasteiger partial charge >= 0.3 is 0 Å². The first-order chi connectivity index (χ1) is 11.8. The van der Waals surface area contributed by atoms with Crippen LogP contribution in [0.25, 0.3) is 21.9 Å². The van der Waals surface area contributed by atoms with E-state index in [9.17, 15) is 9.50 Å². The topological polar surface area (TPSA) is 86.2 Å². The van der Waals surface area contributed by atoms with E-state index in [1.54, 1.807) is 19.9 Å². The Balaban J connectivity index is 1.95. The highest BCUT2D eigenvalue weighted by Gasteiger charge is 2.26. The Morgan fingerprint density at radius 3 is 2.80 bits per heavy atom. The standard InChI is InChI=1S/C18H21FN4O2/c1-18(2,24)9-23-14(8-25-11-4-5-11)22-15-16(23)12-6-3-10(19)7-13(12)21-17(15)20/h3,6-7,11,24H,4-5,8-9H2,1-2H3,(H2,20,21). The van der Waals surface area contributed by atoms with E-state index < -0.39 is 5.60 Å². The minimum atomic E-state index is -0.952. The molecule has 0 radical (unpaired) electrons. The van der Waals surface area contributed by atoms with E-state index in [1.165, 1.54) is 12.1 Å². The molecule has 1 fully saturated rings. The normalized spacial score (nSPS) is 15.4. The lowest BCUT2D eigenvalue weighted by Gasteiger charge is -2.20. The molecular weight excluding hydrogens is 323 g/mol. The summed E-state index contributed by atoms with van der Waals surface area (Å²) in [4.78, 5) is 8.90. The number of nitrogen functional groups attached to an aromatic ring is 1. The number of ether oxygens (including phenoxy) is 1. The van der Waals surface area contributed by atoms with Gasteiger partial charge in [-0.05, 0) is 38.8 Å². The Morgan fingerprint density at radius 1 is 1.36 bits per heavy atom. The number of hydrogen-bond donors (Lipinski definition) is 2. The Morgan fingerprint density at radius 2 is 2.12 bits per heavy atom. The Kier molecular flexibility index (Phi) is 3.66. The van der Waals surface area contributed by atoms with E-state index in [0.29, 0.717) is 30.0 Å². The summed E-state index contributed by atoms with van der Waals surface area (Å²) in [5.41, 5.74) is 6.89. The third-order valence-electron chi connectivity index (χ3n) is 4.26. The van der Waals surface area contributed by atoms with E-state index >= 15 is 0 Å². The number of aliphatic hydroxyl groups is 1. The zero-order valence-corrected chi connectivity index (χ0v) is 14.3. The number of aromatic nitrogens is 3. The van der Waals surface area contributed by atoms with E-state index in [4.69, 9.17) is 10.5 Å². The molecule has 4 rings (SSSR count). The van der Waals surface area contributed by atoms with Gasteiger partial charge in [0.1, 0.15) is 23.8 Å². The lowest BCUT2D eigenvalue weighted by Crippen LogP contribution is -2.27. The molecule has 3 aromatic rings. The van der Waals surface area contributed by atoms with Crippen molar-refractivity contribution in [1.82, 2.24) is 14.5 Å². The summed E-state index contributed by atoms with van der Waals surface area (Å²) in [6, 6.07) is 4.42. The molecule has 7 heteroatoms. The summed E-state index contributed by atoms with van der Waals surface area (Å²) < 4.78 is 21.3. The fourth-order valence-electron chi connectivity index (χ4n) is 3.03. The summed E-state index contributed by atoms with van der Waals surface area (Å²) in [7, 11) is 0. The quantitative estimate of drug-likeness (QED) is 0.743. The smallest absolute Gasteiger partial charge is 0.152 e. The maximum atomic E-state index is 13.6. The zero-order chi connectivity index (χ0) is 17.8. The van der Waals surface area contributed by atoms with Crippen LogP contribution in [0.2, 0.25) is 0 Å². The molecule has 2 aromatic heterocycles. The number of halogens is 1. The molecule has 3 N–H and O–H groups in total. The van der Waals surface area contributed by atoms with Crippen LogP contribution in [0.4, 0.5) is 10.2 Å². The molecule has 0 spiro atoms. The second-order valence-corrected chi connectivity index (χ2v) is 7.29. The summed E-state index contributed by atoms with van der Waals surface area (Å²) in [5.74, 6) is 0.564. The van der Waals surface area contributed by atoms with Gasteiger partial charge in [-0.25, -0.2) is 14.4 Å². The van der Waals surface area contributed by atoms with E-state index in [-0.39, 0.29) is 17.7 Å². The first-order valence-electron chi connectivity index (χ1n) is 8.40. The van der Waals surface area contributed by atoms with Gasteiger partial charge in [-0.15, -0.1) is 0 Å². The fraction of sp³-hybridized carbons (Fsp3) is 0.444. The predicted molar refractivity (Wildman–Crippen MR) is 93.5 cm³/mol. The van der Waals surface area contributed by atoms with Crippen LogP contribution >= 0.6 is 0 Å². The molecule has 0 bridgehead atoms. The SMILES string of the molecule is CC(C)(O)Cn1c(COC2CC2)nc2c(N)nc3cc(F)ccc3c21. The van der Waals surface area contributed by atoms with Crippen molar-refractivity contribution in [2.45, 2.75) is 51.5 Å². The van der Waals surface area contributed by atoms with Gasteiger partial charge in [0.15, 0.2) is 5.82 Å². The maximum absolute atomic E-state index is 13.6. The zero-order valence-electron chi connectivity index (χ0n) is 14.3. The minimum Gasteiger partial charge on any atom is -0.389 e. The third kappa shape index (κ3) is 3.17. The molecular formula is C18H21FN4O2. The van der Waals surface area contributed by atoms with Crippen molar-refractivity contribution in [1.29, 1.82) is 0 Å². The van der Waals surface area contributed by atoms with Gasteiger partial charge in [-0.1, -0.05) is 0 Å². The van der Waals surface area contributed by atoms with Crippen molar-refractivity contribution in [2.75, 3.05) is 5.73 Å². The Hall–Kier alpha value is -2.25. The Labute approximate surface area is 144 Å². The minimum absolute atomic E-state index is 0.246. The molecule has 1 aliphatic rings.